The monoisotopic (exact) mass is 614 g/mol. The highest BCUT2D eigenvalue weighted by Crippen LogP contribution is 2.31. The summed E-state index contributed by atoms with van der Waals surface area (Å²) in [6.45, 7) is 2.21. The van der Waals surface area contributed by atoms with E-state index in [9.17, 15) is 14.0 Å². The maximum atomic E-state index is 13.2. The number of hydrogen-bond donors (Lipinski definition) is 2. The number of carbonyl (C=O) groups is 2. The molecule has 4 aromatic rings. The van der Waals surface area contributed by atoms with Crippen molar-refractivity contribution in [2.75, 3.05) is 36.8 Å². The fourth-order valence-corrected chi connectivity index (χ4v) is 6.36. The molecule has 0 aliphatic carbocycles. The Morgan fingerprint density at radius 1 is 0.791 bits per heavy atom. The smallest absolute Gasteiger partial charge is 0.231 e. The van der Waals surface area contributed by atoms with E-state index in [2.05, 4.69) is 26.8 Å². The van der Waals surface area contributed by atoms with Crippen LogP contribution in [0, 0.1) is 40.6 Å². The Morgan fingerprint density at radius 2 is 1.30 bits per heavy atom. The number of nitriles is 2. The summed E-state index contributed by atoms with van der Waals surface area (Å²) in [4.78, 5) is 37.7. The first-order valence-corrected chi connectivity index (χ1v) is 15.2. The fourth-order valence-electron chi connectivity index (χ4n) is 4.72. The molecule has 0 saturated carbocycles. The Balaban J connectivity index is 0.000000171. The minimum atomic E-state index is -0.306. The van der Waals surface area contributed by atoms with Gasteiger partial charge in [0, 0.05) is 38.6 Å². The molecule has 218 valence electrons. The predicted octanol–water partition coefficient (Wildman–Crippen LogP) is 5.24. The average Bonchev–Trinajstić information content (AvgIpc) is 3.85. The van der Waals surface area contributed by atoms with Crippen molar-refractivity contribution in [1.29, 1.82) is 10.5 Å². The molecule has 2 aromatic carbocycles. The Hall–Kier alpha value is -4.85. The van der Waals surface area contributed by atoms with E-state index in [1.54, 1.807) is 34.3 Å². The van der Waals surface area contributed by atoms with Gasteiger partial charge < -0.3 is 20.4 Å². The van der Waals surface area contributed by atoms with E-state index in [4.69, 9.17) is 10.5 Å². The first-order chi connectivity index (χ1) is 20.9. The third-order valence-electron chi connectivity index (χ3n) is 7.04. The molecule has 43 heavy (non-hydrogen) atoms. The van der Waals surface area contributed by atoms with Crippen molar-refractivity contribution >= 4 is 44.8 Å². The lowest BCUT2D eigenvalue weighted by Crippen LogP contribution is -2.25. The van der Waals surface area contributed by atoms with Gasteiger partial charge in [0.1, 0.15) is 5.82 Å². The lowest BCUT2D eigenvalue weighted by Gasteiger charge is -2.08. The van der Waals surface area contributed by atoms with Crippen molar-refractivity contribution in [1.82, 2.24) is 19.8 Å². The molecule has 2 amide bonds. The van der Waals surface area contributed by atoms with E-state index in [1.165, 1.54) is 34.8 Å². The predicted molar refractivity (Wildman–Crippen MR) is 163 cm³/mol. The van der Waals surface area contributed by atoms with Gasteiger partial charge in [-0.2, -0.15) is 10.5 Å². The van der Waals surface area contributed by atoms with Gasteiger partial charge in [0.15, 0.2) is 22.6 Å². The number of hydrogen-bond acceptors (Lipinski definition) is 10. The van der Waals surface area contributed by atoms with Crippen LogP contribution < -0.4 is 10.6 Å². The minimum Gasteiger partial charge on any atom is -0.310 e. The first kappa shape index (κ1) is 29.6. The molecular weight excluding hydrogens is 588 g/mol. The van der Waals surface area contributed by atoms with Gasteiger partial charge in [-0.3, -0.25) is 9.59 Å². The molecule has 2 fully saturated rings. The summed E-state index contributed by atoms with van der Waals surface area (Å²) in [5.41, 5.74) is 1.82. The number of nitrogens with zero attached hydrogens (tertiary/aromatic N) is 6. The number of halogens is 1. The molecule has 2 aromatic heterocycles. The highest BCUT2D eigenvalue weighted by Gasteiger charge is 2.29. The molecule has 0 radical (unpaired) electrons. The topological polar surface area (TPSA) is 138 Å². The zero-order valence-electron chi connectivity index (χ0n) is 22.9. The van der Waals surface area contributed by atoms with Crippen molar-refractivity contribution < 1.29 is 14.0 Å². The zero-order chi connectivity index (χ0) is 30.2. The lowest BCUT2D eigenvalue weighted by atomic mass is 10.1. The van der Waals surface area contributed by atoms with Crippen molar-refractivity contribution in [2.45, 2.75) is 12.8 Å². The van der Waals surface area contributed by atoms with Gasteiger partial charge in [-0.1, -0.05) is 65.1 Å². The maximum absolute atomic E-state index is 13.2. The van der Waals surface area contributed by atoms with Gasteiger partial charge in [0.05, 0.1) is 21.6 Å². The number of nitrogens with one attached hydrogen (secondary N) is 2. The summed E-state index contributed by atoms with van der Waals surface area (Å²) < 4.78 is 13.2. The Bertz CT molecular complexity index is 1660. The third-order valence-corrected chi connectivity index (χ3v) is 8.96. The fraction of sp³-hybridized carbons (Fsp3) is 0.267. The maximum Gasteiger partial charge on any atom is 0.231 e. The van der Waals surface area contributed by atoms with Crippen LogP contribution in [0.5, 0.6) is 0 Å². The van der Waals surface area contributed by atoms with Crippen molar-refractivity contribution in [3.05, 3.63) is 72.8 Å². The van der Waals surface area contributed by atoms with Crippen LogP contribution in [0.4, 0.5) is 14.7 Å². The Labute approximate surface area is 256 Å². The number of amides is 2. The Morgan fingerprint density at radius 3 is 1.79 bits per heavy atom. The van der Waals surface area contributed by atoms with E-state index in [1.807, 2.05) is 36.5 Å². The van der Waals surface area contributed by atoms with Gasteiger partial charge in [0.2, 0.25) is 11.8 Å². The van der Waals surface area contributed by atoms with E-state index in [0.717, 1.165) is 27.3 Å². The van der Waals surface area contributed by atoms with Crippen LogP contribution in [0.2, 0.25) is 0 Å². The molecule has 10 nitrogen and oxygen atoms in total. The standard InChI is InChI=1S/C15H13FN4OS.C15H14N4OS/c16-12-3-1-2-10(6-12)13-7-18-15(22-13)19-14(21)11-4-5-20(8-11)9-17;16-10-19-7-6-12(9-19)14(20)18-15-17-8-13(21-15)11-4-2-1-3-5-11/h1-3,6-7,11H,4-5,8H2,(H,18,19,21);1-5,8,12H,6-7,9H2,(H,17,18,20). The van der Waals surface area contributed by atoms with E-state index >= 15 is 0 Å². The van der Waals surface area contributed by atoms with Gasteiger partial charge in [-0.15, -0.1) is 0 Å². The van der Waals surface area contributed by atoms with Crippen LogP contribution in [0.15, 0.2) is 67.0 Å². The van der Waals surface area contributed by atoms with Crippen molar-refractivity contribution in [2.24, 2.45) is 11.8 Å². The van der Waals surface area contributed by atoms with Crippen LogP contribution in [0.3, 0.4) is 0 Å². The Kier molecular flexibility index (Phi) is 9.56. The highest BCUT2D eigenvalue weighted by molar-refractivity contribution is 7.19. The molecular formula is C30H27FN8O2S2. The molecule has 4 heterocycles. The van der Waals surface area contributed by atoms with Crippen LogP contribution in [-0.4, -0.2) is 57.8 Å². The van der Waals surface area contributed by atoms with E-state index in [-0.39, 0.29) is 29.5 Å². The molecule has 2 aliphatic rings. The number of aromatic nitrogens is 2. The van der Waals surface area contributed by atoms with Crippen molar-refractivity contribution in [3.63, 3.8) is 0 Å². The average molecular weight is 615 g/mol. The number of carbonyl (C=O) groups excluding carboxylic acids is 2. The van der Waals surface area contributed by atoms with Gasteiger partial charge in [-0.25, -0.2) is 14.4 Å². The first-order valence-electron chi connectivity index (χ1n) is 13.6. The summed E-state index contributed by atoms with van der Waals surface area (Å²) in [6, 6.07) is 16.2. The van der Waals surface area contributed by atoms with Crippen LogP contribution in [-0.2, 0) is 9.59 Å². The lowest BCUT2D eigenvalue weighted by molar-refractivity contribution is -0.120. The normalized spacial score (nSPS) is 17.4. The third kappa shape index (κ3) is 7.71. The van der Waals surface area contributed by atoms with Gasteiger partial charge in [-0.05, 0) is 36.1 Å². The summed E-state index contributed by atoms with van der Waals surface area (Å²) in [5, 5.41) is 24.3. The molecule has 0 bridgehead atoms. The van der Waals surface area contributed by atoms with E-state index in [0.29, 0.717) is 42.9 Å². The second kappa shape index (κ2) is 13.9. The summed E-state index contributed by atoms with van der Waals surface area (Å²) >= 11 is 2.76. The summed E-state index contributed by atoms with van der Waals surface area (Å²) in [6.07, 6.45) is 8.90. The van der Waals surface area contributed by atoms with Gasteiger partial charge in [0.25, 0.3) is 0 Å². The number of thiazole rings is 2. The van der Waals surface area contributed by atoms with E-state index < -0.39 is 0 Å². The summed E-state index contributed by atoms with van der Waals surface area (Å²) in [7, 11) is 0. The zero-order valence-corrected chi connectivity index (χ0v) is 24.6. The van der Waals surface area contributed by atoms with Gasteiger partial charge >= 0.3 is 0 Å². The van der Waals surface area contributed by atoms with Crippen LogP contribution in [0.25, 0.3) is 20.9 Å². The molecule has 13 heteroatoms. The molecule has 2 unspecified atom stereocenters. The number of rotatable bonds is 6. The number of anilines is 2. The minimum absolute atomic E-state index is 0.0540. The molecule has 2 N–H and O–H groups in total. The molecule has 6 rings (SSSR count). The molecule has 2 aliphatic heterocycles. The molecule has 2 saturated heterocycles. The SMILES string of the molecule is N#CN1CCC(C(=O)Nc2ncc(-c3cccc(F)c3)s2)C1.N#CN1CCC(C(=O)Nc2ncc(-c3ccccc3)s2)C1. The van der Waals surface area contributed by atoms with Crippen molar-refractivity contribution in [3.8, 4) is 33.3 Å². The quantitative estimate of drug-likeness (QED) is 0.281. The molecule has 2 atom stereocenters. The largest absolute Gasteiger partial charge is 0.310 e. The second-order valence-corrected chi connectivity index (χ2v) is 12.0. The second-order valence-electron chi connectivity index (χ2n) is 9.98. The van der Waals surface area contributed by atoms with Crippen LogP contribution >= 0.6 is 22.7 Å². The number of likely N-dealkylation sites (tertiary alicyclic amines) is 2. The van der Waals surface area contributed by atoms with Crippen LogP contribution in [0.1, 0.15) is 12.8 Å². The molecule has 0 spiro atoms. The summed E-state index contributed by atoms with van der Waals surface area (Å²) in [5.74, 6) is -0.812. The highest BCUT2D eigenvalue weighted by atomic mass is 32.1. The number of benzene rings is 2.